The Labute approximate surface area is 287 Å². The highest BCUT2D eigenvalue weighted by Crippen LogP contribution is 2.36. The Morgan fingerprint density at radius 2 is 1.69 bits per heavy atom. The lowest BCUT2D eigenvalue weighted by Crippen LogP contribution is -2.25. The maximum atomic E-state index is 16.0. The summed E-state index contributed by atoms with van der Waals surface area (Å²) in [7, 11) is -2.57. The van der Waals surface area contributed by atoms with Gasteiger partial charge in [0.25, 0.3) is 5.92 Å². The van der Waals surface area contributed by atoms with Crippen LogP contribution >= 0.6 is 0 Å². The van der Waals surface area contributed by atoms with Gasteiger partial charge in [0.2, 0.25) is 0 Å². The molecular weight excluding hydrogens is 670 g/mol. The SMILES string of the molecule is C[Si](C)(C)CCOCn1cc(C(Nc2ccc3c(c2)ncn3COCC[Si](C)(C)C)c2ccc(N3CCC(F)(F)C3)cc2F)c(C(=O)O)n1. The van der Waals surface area contributed by atoms with Crippen LogP contribution in [0.1, 0.15) is 34.1 Å². The second kappa shape index (κ2) is 14.7. The number of carboxylic acid groups (broad SMARTS) is 1. The molecule has 1 aliphatic heterocycles. The fourth-order valence-corrected chi connectivity index (χ4v) is 7.12. The number of carbonyl (C=O) groups is 1. The molecule has 0 saturated carbocycles. The summed E-state index contributed by atoms with van der Waals surface area (Å²) in [4.78, 5) is 18.5. The van der Waals surface area contributed by atoms with Gasteiger partial charge in [0.1, 0.15) is 19.3 Å². The van der Waals surface area contributed by atoms with E-state index in [-0.39, 0.29) is 36.5 Å². The molecule has 0 amide bonds. The van der Waals surface area contributed by atoms with Crippen LogP contribution < -0.4 is 10.2 Å². The average molecular weight is 717 g/mol. The van der Waals surface area contributed by atoms with Crippen LogP contribution in [0.3, 0.4) is 0 Å². The minimum atomic E-state index is -2.84. The summed E-state index contributed by atoms with van der Waals surface area (Å²) in [6, 6.07) is 10.8. The first-order valence-corrected chi connectivity index (χ1v) is 24.0. The van der Waals surface area contributed by atoms with Crippen molar-refractivity contribution in [3.05, 3.63) is 71.6 Å². The number of carboxylic acids is 1. The number of fused-ring (bicyclic) bond motifs is 1. The molecule has 266 valence electrons. The Hall–Kier alpha value is -3.67. The molecule has 49 heavy (non-hydrogen) atoms. The van der Waals surface area contributed by atoms with Crippen LogP contribution in [-0.2, 0) is 22.9 Å². The Bertz CT molecular complexity index is 1770. The largest absolute Gasteiger partial charge is 0.476 e. The zero-order chi connectivity index (χ0) is 35.6. The predicted octanol–water partition coefficient (Wildman–Crippen LogP) is 7.74. The number of nitrogens with one attached hydrogen (secondary N) is 1. The van der Waals surface area contributed by atoms with Crippen LogP contribution in [0, 0.1) is 5.82 Å². The standard InChI is InChI=1S/C34H47F3N6O4Si2/c1-48(2,3)15-13-46-22-42-21-38-29-17-24(7-10-30(29)42)39-31(26-9-8-25(18-28(26)35)41-12-11-34(36,37)20-41)27-19-43(40-32(27)33(44)45)23-47-14-16-49(4,5)6/h7-10,17-19,21,31,39H,11-16,20,22-23H2,1-6H3,(H,44,45). The first kappa shape index (κ1) is 36.6. The van der Waals surface area contributed by atoms with Crippen molar-refractivity contribution in [1.82, 2.24) is 19.3 Å². The molecule has 1 unspecified atom stereocenters. The van der Waals surface area contributed by atoms with Crippen molar-refractivity contribution in [1.29, 1.82) is 0 Å². The fourth-order valence-electron chi connectivity index (χ4n) is 5.61. The number of imidazole rings is 1. The van der Waals surface area contributed by atoms with Crippen LogP contribution in [0.25, 0.3) is 11.0 Å². The van der Waals surface area contributed by atoms with Crippen molar-refractivity contribution in [3.8, 4) is 0 Å². The van der Waals surface area contributed by atoms with Gasteiger partial charge in [0.15, 0.2) is 5.69 Å². The fraction of sp³-hybridized carbons (Fsp3) is 0.500. The molecule has 5 rings (SSSR count). The van der Waals surface area contributed by atoms with E-state index in [1.165, 1.54) is 21.7 Å². The van der Waals surface area contributed by atoms with E-state index in [9.17, 15) is 18.7 Å². The lowest BCUT2D eigenvalue weighted by Gasteiger charge is -2.23. The van der Waals surface area contributed by atoms with Crippen molar-refractivity contribution in [2.75, 3.05) is 36.5 Å². The van der Waals surface area contributed by atoms with Crippen LogP contribution in [0.2, 0.25) is 51.4 Å². The molecule has 0 bridgehead atoms. The third kappa shape index (κ3) is 9.74. The third-order valence-corrected chi connectivity index (χ3v) is 11.9. The molecule has 0 aliphatic carbocycles. The van der Waals surface area contributed by atoms with Crippen molar-refractivity contribution in [2.45, 2.75) is 83.2 Å². The molecule has 4 aromatic rings. The van der Waals surface area contributed by atoms with Crippen molar-refractivity contribution in [3.63, 3.8) is 0 Å². The smallest absolute Gasteiger partial charge is 0.356 e. The number of benzene rings is 2. The van der Waals surface area contributed by atoms with Gasteiger partial charge >= 0.3 is 5.97 Å². The van der Waals surface area contributed by atoms with E-state index in [1.807, 2.05) is 22.8 Å². The van der Waals surface area contributed by atoms with Gasteiger partial charge in [-0.25, -0.2) is 27.6 Å². The summed E-state index contributed by atoms with van der Waals surface area (Å²) in [5.41, 5.74) is 2.53. The van der Waals surface area contributed by atoms with Crippen molar-refractivity contribution in [2.24, 2.45) is 0 Å². The highest BCUT2D eigenvalue weighted by molar-refractivity contribution is 6.76. The second-order valence-electron chi connectivity index (χ2n) is 15.2. The number of aromatic carboxylic acids is 1. The van der Waals surface area contributed by atoms with Crippen LogP contribution in [0.15, 0.2) is 48.9 Å². The van der Waals surface area contributed by atoms with Gasteiger partial charge in [-0.05, 0) is 42.4 Å². The highest BCUT2D eigenvalue weighted by Gasteiger charge is 2.38. The third-order valence-electron chi connectivity index (χ3n) is 8.51. The van der Waals surface area contributed by atoms with Crippen LogP contribution in [-0.4, -0.2) is 78.8 Å². The first-order valence-electron chi connectivity index (χ1n) is 16.6. The average Bonchev–Trinajstić information content (AvgIpc) is 3.72. The first-order chi connectivity index (χ1) is 23.0. The van der Waals surface area contributed by atoms with Gasteiger partial charge in [0, 0.05) is 71.0 Å². The molecule has 15 heteroatoms. The molecule has 1 atom stereocenters. The summed E-state index contributed by atoms with van der Waals surface area (Å²) < 4.78 is 59.0. The number of halogens is 3. The molecule has 1 aliphatic rings. The monoisotopic (exact) mass is 716 g/mol. The molecule has 0 spiro atoms. The normalized spacial score (nSPS) is 15.7. The molecule has 2 aromatic heterocycles. The molecule has 0 radical (unpaired) electrons. The Morgan fingerprint density at radius 3 is 2.31 bits per heavy atom. The van der Waals surface area contributed by atoms with Crippen LogP contribution in [0.4, 0.5) is 24.5 Å². The summed E-state index contributed by atoms with van der Waals surface area (Å²) in [5.74, 6) is -4.78. The van der Waals surface area contributed by atoms with E-state index in [0.717, 1.165) is 17.6 Å². The topological polar surface area (TPSA) is 107 Å². The summed E-state index contributed by atoms with van der Waals surface area (Å²) in [6.45, 7) is 14.8. The maximum Gasteiger partial charge on any atom is 0.356 e. The van der Waals surface area contributed by atoms with Gasteiger partial charge in [-0.3, -0.25) is 0 Å². The van der Waals surface area contributed by atoms with E-state index in [2.05, 4.69) is 54.7 Å². The number of anilines is 2. The molecule has 10 nitrogen and oxygen atoms in total. The van der Waals surface area contributed by atoms with Gasteiger partial charge in [-0.1, -0.05) is 45.3 Å². The van der Waals surface area contributed by atoms with E-state index in [4.69, 9.17) is 9.47 Å². The Morgan fingerprint density at radius 1 is 1.00 bits per heavy atom. The lowest BCUT2D eigenvalue weighted by molar-refractivity contribution is 0.0257. The number of hydrogen-bond donors (Lipinski definition) is 2. The van der Waals surface area contributed by atoms with E-state index >= 15 is 4.39 Å². The molecule has 1 saturated heterocycles. The zero-order valence-electron chi connectivity index (χ0n) is 29.1. The van der Waals surface area contributed by atoms with Crippen LogP contribution in [0.5, 0.6) is 0 Å². The maximum absolute atomic E-state index is 16.0. The predicted molar refractivity (Wildman–Crippen MR) is 191 cm³/mol. The number of alkyl halides is 2. The quantitative estimate of drug-likeness (QED) is 0.0897. The van der Waals surface area contributed by atoms with E-state index in [1.54, 1.807) is 18.6 Å². The second-order valence-corrected chi connectivity index (χ2v) is 26.4. The lowest BCUT2D eigenvalue weighted by atomic mass is 9.97. The zero-order valence-corrected chi connectivity index (χ0v) is 31.1. The molecule has 3 heterocycles. The number of hydrogen-bond acceptors (Lipinski definition) is 7. The van der Waals surface area contributed by atoms with Gasteiger partial charge in [-0.15, -0.1) is 0 Å². The Balaban J connectivity index is 1.45. The molecule has 2 aromatic carbocycles. The van der Waals surface area contributed by atoms with E-state index in [0.29, 0.717) is 36.8 Å². The van der Waals surface area contributed by atoms with Crippen molar-refractivity contribution >= 4 is 44.5 Å². The molecule has 1 fully saturated rings. The van der Waals surface area contributed by atoms with Crippen molar-refractivity contribution < 1.29 is 32.5 Å². The summed E-state index contributed by atoms with van der Waals surface area (Å²) >= 11 is 0. The van der Waals surface area contributed by atoms with E-state index < -0.39 is 46.4 Å². The van der Waals surface area contributed by atoms with Gasteiger partial charge < -0.3 is 29.4 Å². The Kier molecular flexibility index (Phi) is 11.0. The van der Waals surface area contributed by atoms with Gasteiger partial charge in [0.05, 0.1) is 29.9 Å². The van der Waals surface area contributed by atoms with Gasteiger partial charge in [-0.2, -0.15) is 5.10 Å². The summed E-state index contributed by atoms with van der Waals surface area (Å²) in [6.07, 6.45) is 2.95. The number of nitrogens with zero attached hydrogens (tertiary/aromatic N) is 5. The number of ether oxygens (including phenoxy) is 2. The number of aromatic nitrogens is 4. The molecular formula is C34H47F3N6O4Si2. The number of rotatable bonds is 16. The highest BCUT2D eigenvalue weighted by atomic mass is 28.3. The minimum Gasteiger partial charge on any atom is -0.476 e. The summed E-state index contributed by atoms with van der Waals surface area (Å²) in [5, 5.41) is 17.8. The minimum absolute atomic E-state index is 0.0332. The molecule has 2 N–H and O–H groups in total.